The van der Waals surface area contributed by atoms with Crippen molar-refractivity contribution < 1.29 is 19.4 Å². The highest BCUT2D eigenvalue weighted by Gasteiger charge is 2.22. The van der Waals surface area contributed by atoms with Crippen molar-refractivity contribution in [3.05, 3.63) is 53.1 Å². The topological polar surface area (TPSA) is 55.8 Å². The molecule has 0 unspecified atom stereocenters. The first-order valence-electron chi connectivity index (χ1n) is 7.06. The van der Waals surface area contributed by atoms with Crippen molar-refractivity contribution in [1.82, 2.24) is 0 Å². The molecular weight excluding hydrogens is 312 g/mol. The van der Waals surface area contributed by atoms with Crippen LogP contribution in [0.1, 0.15) is 15.9 Å². The molecule has 2 aromatic rings. The van der Waals surface area contributed by atoms with Crippen molar-refractivity contribution >= 4 is 23.6 Å². The van der Waals surface area contributed by atoms with E-state index in [9.17, 15) is 9.90 Å². The van der Waals surface area contributed by atoms with E-state index in [1.54, 1.807) is 23.9 Å². The van der Waals surface area contributed by atoms with E-state index in [1.165, 1.54) is 14.2 Å². The van der Waals surface area contributed by atoms with Gasteiger partial charge in [-0.05, 0) is 35.9 Å². The number of aromatic hydroxyl groups is 1. The van der Waals surface area contributed by atoms with Crippen molar-refractivity contribution in [2.45, 2.75) is 4.90 Å². The Labute approximate surface area is 138 Å². The van der Waals surface area contributed by atoms with E-state index in [0.29, 0.717) is 22.8 Å². The molecule has 3 rings (SSSR count). The monoisotopic (exact) mass is 328 g/mol. The smallest absolute Gasteiger partial charge is 0.200 e. The maximum Gasteiger partial charge on any atom is 0.200 e. The lowest BCUT2D eigenvalue weighted by Crippen LogP contribution is -2.12. The predicted octanol–water partition coefficient (Wildman–Crippen LogP) is 3.78. The summed E-state index contributed by atoms with van der Waals surface area (Å²) in [6.07, 6.45) is 1.82. The Kier molecular flexibility index (Phi) is 4.30. The van der Waals surface area contributed by atoms with E-state index < -0.39 is 0 Å². The third kappa shape index (κ3) is 2.92. The van der Waals surface area contributed by atoms with Crippen LogP contribution in [-0.4, -0.2) is 30.9 Å². The Morgan fingerprint density at radius 1 is 1.13 bits per heavy atom. The highest BCUT2D eigenvalue weighted by molar-refractivity contribution is 7.99. The second-order valence-corrected chi connectivity index (χ2v) is 6.07. The van der Waals surface area contributed by atoms with E-state index in [2.05, 4.69) is 0 Å². The molecule has 0 saturated carbocycles. The molecule has 1 aliphatic rings. The Balaban J connectivity index is 2.01. The van der Waals surface area contributed by atoms with Gasteiger partial charge in [-0.15, -0.1) is 11.8 Å². The fourth-order valence-corrected chi connectivity index (χ4v) is 3.50. The minimum atomic E-state index is -0.0492. The van der Waals surface area contributed by atoms with Gasteiger partial charge in [-0.3, -0.25) is 4.79 Å². The van der Waals surface area contributed by atoms with Crippen molar-refractivity contribution in [1.29, 1.82) is 0 Å². The standard InChI is InChI=1S/C18H16O4S/c1-21-14-8-11(9-15(22-2)18(14)20)7-12-10-23-16-6-4-3-5-13(16)17(12)19/h3-9,20H,10H2,1-2H3. The average Bonchev–Trinajstić information content (AvgIpc) is 2.59. The summed E-state index contributed by atoms with van der Waals surface area (Å²) in [6.45, 7) is 0. The van der Waals surface area contributed by atoms with Gasteiger partial charge in [-0.2, -0.15) is 0 Å². The molecule has 4 nitrogen and oxygen atoms in total. The second kappa shape index (κ2) is 6.38. The highest BCUT2D eigenvalue weighted by atomic mass is 32.2. The average molecular weight is 328 g/mol. The molecule has 23 heavy (non-hydrogen) atoms. The largest absolute Gasteiger partial charge is 0.502 e. The number of benzene rings is 2. The first-order valence-corrected chi connectivity index (χ1v) is 8.04. The molecule has 0 spiro atoms. The molecule has 118 valence electrons. The van der Waals surface area contributed by atoms with E-state index in [1.807, 2.05) is 30.3 Å². The summed E-state index contributed by atoms with van der Waals surface area (Å²) in [5.41, 5.74) is 2.19. The number of methoxy groups -OCH3 is 2. The van der Waals surface area contributed by atoms with Crippen LogP contribution in [0.25, 0.3) is 6.08 Å². The molecule has 5 heteroatoms. The first-order chi connectivity index (χ1) is 11.1. The molecule has 1 aliphatic heterocycles. The molecule has 0 saturated heterocycles. The zero-order valence-electron chi connectivity index (χ0n) is 12.8. The van der Waals surface area contributed by atoms with Gasteiger partial charge < -0.3 is 14.6 Å². The van der Waals surface area contributed by atoms with E-state index in [0.717, 1.165) is 16.0 Å². The van der Waals surface area contributed by atoms with Gasteiger partial charge in [0.15, 0.2) is 17.3 Å². The van der Waals surface area contributed by atoms with Crippen LogP contribution in [0.2, 0.25) is 0 Å². The Bertz CT molecular complexity index is 770. The Hall–Kier alpha value is -2.40. The van der Waals surface area contributed by atoms with Crippen LogP contribution in [-0.2, 0) is 0 Å². The molecule has 0 fully saturated rings. The number of carbonyl (C=O) groups is 1. The summed E-state index contributed by atoms with van der Waals surface area (Å²) in [4.78, 5) is 13.6. The maximum atomic E-state index is 12.6. The molecule has 0 aromatic heterocycles. The molecule has 0 amide bonds. The number of phenols is 1. The van der Waals surface area contributed by atoms with Gasteiger partial charge in [-0.1, -0.05) is 12.1 Å². The lowest BCUT2D eigenvalue weighted by molar-refractivity contribution is 0.103. The number of thioether (sulfide) groups is 1. The highest BCUT2D eigenvalue weighted by Crippen LogP contribution is 2.39. The SMILES string of the molecule is COc1cc(C=C2CSc3ccccc3C2=O)cc(OC)c1O. The minimum Gasteiger partial charge on any atom is -0.502 e. The Morgan fingerprint density at radius 2 is 1.78 bits per heavy atom. The van der Waals surface area contributed by atoms with Gasteiger partial charge in [0.2, 0.25) is 5.75 Å². The van der Waals surface area contributed by atoms with Crippen LogP contribution >= 0.6 is 11.8 Å². The summed E-state index contributed by atoms with van der Waals surface area (Å²) in [7, 11) is 2.95. The van der Waals surface area contributed by atoms with Crippen molar-refractivity contribution in [2.24, 2.45) is 0 Å². The van der Waals surface area contributed by atoms with Crippen LogP contribution in [0.4, 0.5) is 0 Å². The fraction of sp³-hybridized carbons (Fsp3) is 0.167. The molecular formula is C18H16O4S. The third-order valence-electron chi connectivity index (χ3n) is 3.65. The second-order valence-electron chi connectivity index (χ2n) is 5.06. The van der Waals surface area contributed by atoms with Crippen LogP contribution in [0.15, 0.2) is 46.9 Å². The number of carbonyl (C=O) groups excluding carboxylic acids is 1. The molecule has 2 aromatic carbocycles. The number of Topliss-reactive ketones (excluding diaryl/α,β-unsaturated/α-hetero) is 1. The van der Waals surface area contributed by atoms with Gasteiger partial charge in [0.25, 0.3) is 0 Å². The third-order valence-corrected chi connectivity index (χ3v) is 4.77. The van der Waals surface area contributed by atoms with Crippen molar-refractivity contribution in [3.63, 3.8) is 0 Å². The van der Waals surface area contributed by atoms with E-state index in [4.69, 9.17) is 9.47 Å². The van der Waals surface area contributed by atoms with Gasteiger partial charge in [-0.25, -0.2) is 0 Å². The number of phenolic OH excluding ortho intramolecular Hbond substituents is 1. The molecule has 1 N–H and O–H groups in total. The van der Waals surface area contributed by atoms with Crippen LogP contribution in [0.5, 0.6) is 17.2 Å². The number of rotatable bonds is 3. The van der Waals surface area contributed by atoms with Gasteiger partial charge in [0, 0.05) is 21.8 Å². The fourth-order valence-electron chi connectivity index (χ4n) is 2.48. The minimum absolute atomic E-state index is 0.0327. The zero-order chi connectivity index (χ0) is 16.4. The normalized spacial score (nSPS) is 15.4. The molecule has 1 heterocycles. The molecule has 0 radical (unpaired) electrons. The summed E-state index contributed by atoms with van der Waals surface area (Å²) in [5.74, 6) is 1.22. The number of fused-ring (bicyclic) bond motifs is 1. The van der Waals surface area contributed by atoms with Crippen LogP contribution in [0.3, 0.4) is 0 Å². The summed E-state index contributed by atoms with van der Waals surface area (Å²) < 4.78 is 10.3. The van der Waals surface area contributed by atoms with E-state index in [-0.39, 0.29) is 11.5 Å². The Morgan fingerprint density at radius 3 is 2.43 bits per heavy atom. The van der Waals surface area contributed by atoms with Crippen molar-refractivity contribution in [2.75, 3.05) is 20.0 Å². The van der Waals surface area contributed by atoms with Gasteiger partial charge in [0.1, 0.15) is 0 Å². The molecule has 0 aliphatic carbocycles. The van der Waals surface area contributed by atoms with Gasteiger partial charge in [0.05, 0.1) is 14.2 Å². The van der Waals surface area contributed by atoms with Crippen molar-refractivity contribution in [3.8, 4) is 17.2 Å². The number of hydrogen-bond donors (Lipinski definition) is 1. The summed E-state index contributed by atoms with van der Waals surface area (Å²) in [5, 5.41) is 9.96. The quantitative estimate of drug-likeness (QED) is 0.869. The maximum absolute atomic E-state index is 12.6. The van der Waals surface area contributed by atoms with Gasteiger partial charge >= 0.3 is 0 Å². The molecule has 0 atom stereocenters. The zero-order valence-corrected chi connectivity index (χ0v) is 13.6. The molecule has 0 bridgehead atoms. The first kappa shape index (κ1) is 15.5. The van der Waals surface area contributed by atoms with Crippen LogP contribution < -0.4 is 9.47 Å². The van der Waals surface area contributed by atoms with E-state index >= 15 is 0 Å². The predicted molar refractivity (Wildman–Crippen MR) is 90.7 cm³/mol. The lowest BCUT2D eigenvalue weighted by atomic mass is 10.0. The number of ether oxygens (including phenoxy) is 2. The summed E-state index contributed by atoms with van der Waals surface area (Å²) >= 11 is 1.64. The van der Waals surface area contributed by atoms with Crippen LogP contribution in [0, 0.1) is 0 Å². The summed E-state index contributed by atoms with van der Waals surface area (Å²) in [6, 6.07) is 11.0. The number of hydrogen-bond acceptors (Lipinski definition) is 5. The number of ketones is 1. The lowest BCUT2D eigenvalue weighted by Gasteiger charge is -2.17.